The maximum Gasteiger partial charge on any atom is 0.407 e. The SMILES string of the molecule is CN(C(=O)O)C1(C)CN(c2nc3ncc(Br)cc3nc2NN)C1. The Morgan fingerprint density at radius 3 is 2.83 bits per heavy atom. The molecule has 0 radical (unpaired) electrons. The molecule has 0 atom stereocenters. The fourth-order valence-corrected chi connectivity index (χ4v) is 2.92. The van der Waals surface area contributed by atoms with Gasteiger partial charge >= 0.3 is 6.09 Å². The molecule has 23 heavy (non-hydrogen) atoms. The topological polar surface area (TPSA) is 120 Å². The van der Waals surface area contributed by atoms with Crippen LogP contribution in [-0.2, 0) is 0 Å². The van der Waals surface area contributed by atoms with Crippen LogP contribution < -0.4 is 16.2 Å². The number of likely N-dealkylation sites (N-methyl/N-ethyl adjacent to an activating group) is 1. The van der Waals surface area contributed by atoms with E-state index < -0.39 is 11.6 Å². The van der Waals surface area contributed by atoms with Crippen molar-refractivity contribution in [3.63, 3.8) is 0 Å². The van der Waals surface area contributed by atoms with E-state index in [1.807, 2.05) is 11.8 Å². The van der Waals surface area contributed by atoms with Crippen molar-refractivity contribution in [3.8, 4) is 0 Å². The Hall–Kier alpha value is -2.20. The number of aromatic nitrogens is 3. The quantitative estimate of drug-likeness (QED) is 0.536. The third-order valence-corrected chi connectivity index (χ3v) is 4.50. The van der Waals surface area contributed by atoms with Crippen molar-refractivity contribution in [2.75, 3.05) is 30.5 Å². The van der Waals surface area contributed by atoms with Crippen molar-refractivity contribution in [1.82, 2.24) is 19.9 Å². The van der Waals surface area contributed by atoms with Crippen LogP contribution in [0.1, 0.15) is 6.92 Å². The third kappa shape index (κ3) is 2.63. The number of hydrogen-bond donors (Lipinski definition) is 3. The molecule has 0 unspecified atom stereocenters. The molecule has 1 aliphatic heterocycles. The van der Waals surface area contributed by atoms with Gasteiger partial charge in [-0.1, -0.05) is 0 Å². The van der Waals surface area contributed by atoms with Crippen molar-refractivity contribution in [3.05, 3.63) is 16.7 Å². The number of nitrogens with two attached hydrogens (primary N) is 1. The Labute approximate surface area is 140 Å². The van der Waals surface area contributed by atoms with Gasteiger partial charge in [-0.25, -0.2) is 25.6 Å². The van der Waals surface area contributed by atoms with Gasteiger partial charge in [0, 0.05) is 30.8 Å². The van der Waals surface area contributed by atoms with Crippen LogP contribution in [0.25, 0.3) is 11.2 Å². The highest BCUT2D eigenvalue weighted by Gasteiger charge is 2.45. The Balaban J connectivity index is 1.92. The van der Waals surface area contributed by atoms with Gasteiger partial charge in [-0.3, -0.25) is 0 Å². The fraction of sp³-hybridized carbons (Fsp3) is 0.385. The lowest BCUT2D eigenvalue weighted by atomic mass is 9.90. The van der Waals surface area contributed by atoms with E-state index >= 15 is 0 Å². The largest absolute Gasteiger partial charge is 0.465 e. The zero-order chi connectivity index (χ0) is 16.8. The second-order valence-electron chi connectivity index (χ2n) is 5.73. The van der Waals surface area contributed by atoms with Crippen molar-refractivity contribution in [2.45, 2.75) is 12.5 Å². The number of carbonyl (C=O) groups is 1. The highest BCUT2D eigenvalue weighted by atomic mass is 79.9. The van der Waals surface area contributed by atoms with E-state index in [0.717, 1.165) is 4.47 Å². The van der Waals surface area contributed by atoms with Crippen LogP contribution in [0, 0.1) is 0 Å². The van der Waals surface area contributed by atoms with Gasteiger partial charge in [0.15, 0.2) is 17.3 Å². The maximum atomic E-state index is 11.1. The number of nitrogens with zero attached hydrogens (tertiary/aromatic N) is 5. The summed E-state index contributed by atoms with van der Waals surface area (Å²) in [4.78, 5) is 27.5. The van der Waals surface area contributed by atoms with E-state index in [-0.39, 0.29) is 0 Å². The number of amides is 1. The first-order chi connectivity index (χ1) is 10.8. The Bertz CT molecular complexity index is 778. The predicted molar refractivity (Wildman–Crippen MR) is 89.2 cm³/mol. The number of carboxylic acid groups (broad SMARTS) is 1. The summed E-state index contributed by atoms with van der Waals surface area (Å²) in [7, 11) is 1.56. The second-order valence-corrected chi connectivity index (χ2v) is 6.65. The van der Waals surface area contributed by atoms with Gasteiger partial charge in [0.2, 0.25) is 0 Å². The molecule has 0 aromatic carbocycles. The monoisotopic (exact) mass is 381 g/mol. The zero-order valence-corrected chi connectivity index (χ0v) is 14.2. The zero-order valence-electron chi connectivity index (χ0n) is 12.6. The predicted octanol–water partition coefficient (Wildman–Crippen LogP) is 1.26. The molecule has 2 aromatic heterocycles. The molecule has 0 spiro atoms. The van der Waals surface area contributed by atoms with Crippen molar-refractivity contribution < 1.29 is 9.90 Å². The first kappa shape index (κ1) is 15.7. The summed E-state index contributed by atoms with van der Waals surface area (Å²) in [5.74, 6) is 6.55. The molecular formula is C13H16BrN7O2. The third-order valence-electron chi connectivity index (χ3n) is 4.07. The van der Waals surface area contributed by atoms with Crippen molar-refractivity contribution in [2.24, 2.45) is 5.84 Å². The molecule has 1 aliphatic rings. The summed E-state index contributed by atoms with van der Waals surface area (Å²) in [6.07, 6.45) is 0.690. The Morgan fingerprint density at radius 2 is 2.22 bits per heavy atom. The minimum Gasteiger partial charge on any atom is -0.465 e. The molecule has 0 saturated carbocycles. The summed E-state index contributed by atoms with van der Waals surface area (Å²) in [6, 6.07) is 1.80. The summed E-state index contributed by atoms with van der Waals surface area (Å²) in [5, 5.41) is 9.14. The first-order valence-corrected chi connectivity index (χ1v) is 7.65. The van der Waals surface area contributed by atoms with Gasteiger partial charge < -0.3 is 20.3 Å². The van der Waals surface area contributed by atoms with Gasteiger partial charge in [0.05, 0.1) is 5.54 Å². The number of hydrogen-bond acceptors (Lipinski definition) is 7. The van der Waals surface area contributed by atoms with Crippen LogP contribution in [0.15, 0.2) is 16.7 Å². The summed E-state index contributed by atoms with van der Waals surface area (Å²) in [5.41, 5.74) is 3.19. The van der Waals surface area contributed by atoms with Crippen molar-refractivity contribution >= 4 is 44.8 Å². The minimum absolute atomic E-state index is 0.428. The van der Waals surface area contributed by atoms with E-state index in [2.05, 4.69) is 36.3 Å². The van der Waals surface area contributed by atoms with E-state index in [4.69, 9.17) is 10.9 Å². The first-order valence-electron chi connectivity index (χ1n) is 6.86. The lowest BCUT2D eigenvalue weighted by Gasteiger charge is -2.52. The number of nitrogens with one attached hydrogen (secondary N) is 1. The summed E-state index contributed by atoms with van der Waals surface area (Å²) < 4.78 is 0.801. The number of pyridine rings is 1. The van der Waals surface area contributed by atoms with Gasteiger partial charge in [0.25, 0.3) is 0 Å². The highest BCUT2D eigenvalue weighted by molar-refractivity contribution is 9.10. The van der Waals surface area contributed by atoms with Crippen LogP contribution >= 0.6 is 15.9 Å². The van der Waals surface area contributed by atoms with Crippen LogP contribution in [-0.4, -0.2) is 56.7 Å². The molecule has 0 bridgehead atoms. The number of halogens is 1. The molecule has 1 fully saturated rings. The van der Waals surface area contributed by atoms with E-state index in [9.17, 15) is 4.79 Å². The highest BCUT2D eigenvalue weighted by Crippen LogP contribution is 2.34. The molecule has 4 N–H and O–H groups in total. The second kappa shape index (κ2) is 5.46. The molecule has 1 saturated heterocycles. The number of anilines is 2. The maximum absolute atomic E-state index is 11.1. The Kier molecular flexibility index (Phi) is 3.72. The van der Waals surface area contributed by atoms with E-state index in [0.29, 0.717) is 35.9 Å². The molecule has 0 aliphatic carbocycles. The van der Waals surface area contributed by atoms with Gasteiger partial charge in [0.1, 0.15) is 5.52 Å². The number of hydrazine groups is 1. The lowest BCUT2D eigenvalue weighted by Crippen LogP contribution is -2.69. The Morgan fingerprint density at radius 1 is 1.52 bits per heavy atom. The lowest BCUT2D eigenvalue weighted by molar-refractivity contribution is 0.0847. The molecule has 3 rings (SSSR count). The van der Waals surface area contributed by atoms with Gasteiger partial charge in [-0.15, -0.1) is 0 Å². The fourth-order valence-electron chi connectivity index (χ4n) is 2.60. The summed E-state index contributed by atoms with van der Waals surface area (Å²) in [6.45, 7) is 2.89. The van der Waals surface area contributed by atoms with Crippen molar-refractivity contribution in [1.29, 1.82) is 0 Å². The molecular weight excluding hydrogens is 366 g/mol. The minimum atomic E-state index is -0.958. The van der Waals surface area contributed by atoms with Crippen LogP contribution in [0.2, 0.25) is 0 Å². The van der Waals surface area contributed by atoms with Crippen LogP contribution in [0.4, 0.5) is 16.4 Å². The molecule has 10 heteroatoms. The van der Waals surface area contributed by atoms with Gasteiger partial charge in [-0.2, -0.15) is 0 Å². The molecule has 9 nitrogen and oxygen atoms in total. The molecule has 122 valence electrons. The van der Waals surface area contributed by atoms with Gasteiger partial charge in [-0.05, 0) is 28.9 Å². The standard InChI is InChI=1S/C13H16BrN7O2/c1-13(20(2)12(22)23)5-21(6-13)11-10(19-15)17-8-3-7(14)4-16-9(8)18-11/h3-4H,5-6,15H2,1-2H3,(H,17,19)(H,22,23). The van der Waals surface area contributed by atoms with Crippen LogP contribution in [0.5, 0.6) is 0 Å². The molecule has 2 aromatic rings. The van der Waals surface area contributed by atoms with E-state index in [1.54, 1.807) is 19.3 Å². The smallest absolute Gasteiger partial charge is 0.407 e. The summed E-state index contributed by atoms with van der Waals surface area (Å²) >= 11 is 3.34. The average molecular weight is 382 g/mol. The number of fused-ring (bicyclic) bond motifs is 1. The molecule has 1 amide bonds. The van der Waals surface area contributed by atoms with E-state index in [1.165, 1.54) is 4.90 Å². The number of rotatable bonds is 3. The molecule has 3 heterocycles. The van der Waals surface area contributed by atoms with Crippen LogP contribution in [0.3, 0.4) is 0 Å². The normalized spacial score (nSPS) is 16.1. The average Bonchev–Trinajstić information content (AvgIpc) is 2.49. The number of nitrogen functional groups attached to an aromatic ring is 1.